The Balaban J connectivity index is 3.35. The minimum absolute atomic E-state index is 0.131. The maximum atomic E-state index is 12.8. The summed E-state index contributed by atoms with van der Waals surface area (Å²) in [5.74, 6) is -2.13. The number of carbonyl (C=O) groups is 1. The number of nitro groups is 1. The number of nitrogen functional groups attached to an aromatic ring is 1. The maximum absolute atomic E-state index is 12.8. The summed E-state index contributed by atoms with van der Waals surface area (Å²) in [5.41, 5.74) is 4.46. The van der Waals surface area contributed by atoms with E-state index in [0.29, 0.717) is 12.1 Å². The zero-order chi connectivity index (χ0) is 12.3. The van der Waals surface area contributed by atoms with Gasteiger partial charge in [-0.1, -0.05) is 0 Å². The van der Waals surface area contributed by atoms with Gasteiger partial charge >= 0.3 is 5.97 Å². The molecule has 0 aliphatic heterocycles. The predicted molar refractivity (Wildman–Crippen MR) is 54.1 cm³/mol. The molecule has 0 saturated heterocycles. The van der Waals surface area contributed by atoms with Crippen molar-refractivity contribution in [1.29, 1.82) is 0 Å². The van der Waals surface area contributed by atoms with E-state index in [2.05, 4.69) is 0 Å². The molecule has 1 aromatic carbocycles. The van der Waals surface area contributed by atoms with Crippen LogP contribution in [0.2, 0.25) is 0 Å². The number of hydrogen-bond acceptors (Lipinski definition) is 4. The second-order valence-corrected chi connectivity index (χ2v) is 2.86. The molecule has 84 valence electrons. The van der Waals surface area contributed by atoms with Crippen LogP contribution in [0.15, 0.2) is 18.2 Å². The van der Waals surface area contributed by atoms with Gasteiger partial charge in [-0.25, -0.2) is 9.18 Å². The lowest BCUT2D eigenvalue weighted by Crippen LogP contribution is -1.99. The molecule has 1 rings (SSSR count). The Morgan fingerprint density at radius 2 is 2.19 bits per heavy atom. The Hall–Kier alpha value is -2.44. The molecule has 0 fully saturated rings. The van der Waals surface area contributed by atoms with E-state index in [9.17, 15) is 19.3 Å². The van der Waals surface area contributed by atoms with Gasteiger partial charge in [-0.3, -0.25) is 10.1 Å². The fourth-order valence-electron chi connectivity index (χ4n) is 1.11. The Morgan fingerprint density at radius 1 is 1.56 bits per heavy atom. The number of aliphatic carboxylic acids is 1. The van der Waals surface area contributed by atoms with Gasteiger partial charge in [0.15, 0.2) is 0 Å². The van der Waals surface area contributed by atoms with Gasteiger partial charge in [0, 0.05) is 11.8 Å². The molecule has 0 aliphatic carbocycles. The number of hydrogen-bond donors (Lipinski definition) is 2. The van der Waals surface area contributed by atoms with E-state index in [1.807, 2.05) is 0 Å². The average molecular weight is 226 g/mol. The van der Waals surface area contributed by atoms with Gasteiger partial charge in [0.05, 0.1) is 16.6 Å². The van der Waals surface area contributed by atoms with Crippen LogP contribution in [0.3, 0.4) is 0 Å². The largest absolute Gasteiger partial charge is 0.478 e. The number of benzene rings is 1. The number of rotatable bonds is 3. The minimum Gasteiger partial charge on any atom is -0.478 e. The molecule has 1 aromatic rings. The second-order valence-electron chi connectivity index (χ2n) is 2.86. The SMILES string of the molecule is Nc1cc(F)cc([N+](=O)[O-])c1/C=C/C(=O)O. The monoisotopic (exact) mass is 226 g/mol. The molecule has 3 N–H and O–H groups in total. The van der Waals surface area contributed by atoms with Crippen molar-refractivity contribution in [3.63, 3.8) is 0 Å². The van der Waals surface area contributed by atoms with Gasteiger partial charge in [0.25, 0.3) is 5.69 Å². The molecule has 0 saturated carbocycles. The molecule has 0 radical (unpaired) electrons. The Kier molecular flexibility index (Phi) is 3.19. The van der Waals surface area contributed by atoms with Crippen molar-refractivity contribution >= 4 is 23.4 Å². The van der Waals surface area contributed by atoms with Crippen LogP contribution in [0.1, 0.15) is 5.56 Å². The lowest BCUT2D eigenvalue weighted by atomic mass is 10.1. The molecular formula is C9H7FN2O4. The molecule has 0 amide bonds. The van der Waals surface area contributed by atoms with Crippen molar-refractivity contribution in [3.05, 3.63) is 39.7 Å². The molecule has 0 aromatic heterocycles. The third kappa shape index (κ3) is 2.53. The van der Waals surface area contributed by atoms with Crippen molar-refractivity contribution in [2.24, 2.45) is 0 Å². The molecular weight excluding hydrogens is 219 g/mol. The first-order valence-corrected chi connectivity index (χ1v) is 4.06. The van der Waals surface area contributed by atoms with E-state index >= 15 is 0 Å². The summed E-state index contributed by atoms with van der Waals surface area (Å²) in [6, 6.07) is 1.56. The summed E-state index contributed by atoms with van der Waals surface area (Å²) in [6.07, 6.45) is 1.64. The molecule has 0 aliphatic rings. The molecule has 0 bridgehead atoms. The summed E-state index contributed by atoms with van der Waals surface area (Å²) >= 11 is 0. The summed E-state index contributed by atoms with van der Waals surface area (Å²) in [7, 11) is 0. The first-order chi connectivity index (χ1) is 7.41. The maximum Gasteiger partial charge on any atom is 0.328 e. The van der Waals surface area contributed by atoms with Gasteiger partial charge in [0.2, 0.25) is 0 Å². The third-order valence-corrected chi connectivity index (χ3v) is 1.74. The molecule has 0 heterocycles. The van der Waals surface area contributed by atoms with Gasteiger partial charge in [-0.05, 0) is 12.1 Å². The zero-order valence-corrected chi connectivity index (χ0v) is 7.88. The van der Waals surface area contributed by atoms with Crippen molar-refractivity contribution in [2.75, 3.05) is 5.73 Å². The van der Waals surface area contributed by atoms with Crippen LogP contribution >= 0.6 is 0 Å². The van der Waals surface area contributed by atoms with Crippen LogP contribution in [-0.4, -0.2) is 16.0 Å². The highest BCUT2D eigenvalue weighted by atomic mass is 19.1. The van der Waals surface area contributed by atoms with Crippen molar-refractivity contribution in [1.82, 2.24) is 0 Å². The van der Waals surface area contributed by atoms with Gasteiger partial charge < -0.3 is 10.8 Å². The lowest BCUT2D eigenvalue weighted by Gasteiger charge is -2.01. The Morgan fingerprint density at radius 3 is 2.69 bits per heavy atom. The Labute approximate surface area is 89.0 Å². The van der Waals surface area contributed by atoms with Gasteiger partial charge in [-0.2, -0.15) is 0 Å². The van der Waals surface area contributed by atoms with E-state index in [1.54, 1.807) is 0 Å². The van der Waals surface area contributed by atoms with E-state index in [0.717, 1.165) is 12.1 Å². The molecule has 7 heteroatoms. The summed E-state index contributed by atoms with van der Waals surface area (Å²) in [6.45, 7) is 0. The predicted octanol–water partition coefficient (Wildman–Crippen LogP) is 1.41. The van der Waals surface area contributed by atoms with Crippen molar-refractivity contribution < 1.29 is 19.2 Å². The van der Waals surface area contributed by atoms with Crippen molar-refractivity contribution in [2.45, 2.75) is 0 Å². The standard InChI is InChI=1S/C9H7FN2O4/c10-5-3-7(11)6(1-2-9(13)14)8(4-5)12(15)16/h1-4H,11H2,(H,13,14)/b2-1+. The number of carboxylic acids is 1. The first kappa shape index (κ1) is 11.6. The van der Waals surface area contributed by atoms with Crippen molar-refractivity contribution in [3.8, 4) is 0 Å². The quantitative estimate of drug-likeness (QED) is 0.350. The van der Waals surface area contributed by atoms with Crippen LogP contribution in [0, 0.1) is 15.9 Å². The second kappa shape index (κ2) is 4.39. The number of nitrogens with zero attached hydrogens (tertiary/aromatic N) is 1. The molecule has 16 heavy (non-hydrogen) atoms. The van der Waals surface area contributed by atoms with Gasteiger partial charge in [-0.15, -0.1) is 0 Å². The highest BCUT2D eigenvalue weighted by molar-refractivity contribution is 5.88. The summed E-state index contributed by atoms with van der Waals surface area (Å²) in [5, 5.41) is 19.0. The Bertz CT molecular complexity index is 485. The van der Waals surface area contributed by atoms with E-state index < -0.39 is 22.4 Å². The highest BCUT2D eigenvalue weighted by Gasteiger charge is 2.16. The molecule has 0 atom stereocenters. The van der Waals surface area contributed by atoms with E-state index in [1.165, 1.54) is 0 Å². The lowest BCUT2D eigenvalue weighted by molar-refractivity contribution is -0.385. The zero-order valence-electron chi connectivity index (χ0n) is 7.88. The van der Waals surface area contributed by atoms with E-state index in [4.69, 9.17) is 10.8 Å². The summed E-state index contributed by atoms with van der Waals surface area (Å²) in [4.78, 5) is 20.0. The summed E-state index contributed by atoms with van der Waals surface area (Å²) < 4.78 is 12.8. The van der Waals surface area contributed by atoms with Gasteiger partial charge in [0.1, 0.15) is 5.82 Å². The molecule has 0 unspecified atom stereocenters. The molecule has 6 nitrogen and oxygen atoms in total. The number of nitro benzene ring substituents is 1. The van der Waals surface area contributed by atoms with Crippen LogP contribution in [0.4, 0.5) is 15.8 Å². The third-order valence-electron chi connectivity index (χ3n) is 1.74. The minimum atomic E-state index is -1.28. The first-order valence-electron chi connectivity index (χ1n) is 4.06. The number of halogens is 1. The van der Waals surface area contributed by atoms with Crippen LogP contribution in [0.5, 0.6) is 0 Å². The van der Waals surface area contributed by atoms with Crippen LogP contribution in [0.25, 0.3) is 6.08 Å². The average Bonchev–Trinajstić information content (AvgIpc) is 2.14. The van der Waals surface area contributed by atoms with Crippen LogP contribution < -0.4 is 5.73 Å². The fraction of sp³-hybridized carbons (Fsp3) is 0. The normalized spacial score (nSPS) is 10.6. The number of carboxylic acid groups (broad SMARTS) is 1. The van der Waals surface area contributed by atoms with Crippen LogP contribution in [-0.2, 0) is 4.79 Å². The molecule has 0 spiro atoms. The number of anilines is 1. The number of nitrogens with two attached hydrogens (primary N) is 1. The highest BCUT2D eigenvalue weighted by Crippen LogP contribution is 2.27. The fourth-order valence-corrected chi connectivity index (χ4v) is 1.11. The van der Waals surface area contributed by atoms with E-state index in [-0.39, 0.29) is 11.3 Å². The smallest absolute Gasteiger partial charge is 0.328 e. The topological polar surface area (TPSA) is 106 Å².